The first-order valence-corrected chi connectivity index (χ1v) is 8.67. The van der Waals surface area contributed by atoms with Gasteiger partial charge >= 0.3 is 0 Å². The molecule has 0 saturated carbocycles. The first kappa shape index (κ1) is 16.8. The van der Waals surface area contributed by atoms with Gasteiger partial charge in [-0.3, -0.25) is 4.79 Å². The number of carbonyl (C=O) groups excluding carboxylic acids is 1. The molecular formula is C16H25ClN2OS. The van der Waals surface area contributed by atoms with E-state index in [9.17, 15) is 4.79 Å². The standard InChI is InChI=1S/C16H24N2OS.ClH/c1-18(13-6-4-9-17-10-8-13)16(19)15-11-12-5-2-3-7-14(12)20-15;/h11,13,17H,2-10H2,1H3;1H. The van der Waals surface area contributed by atoms with Crippen LogP contribution < -0.4 is 5.32 Å². The Balaban J connectivity index is 0.00000161. The zero-order chi connectivity index (χ0) is 13.9. The number of amides is 1. The molecule has 0 aromatic carbocycles. The first-order valence-electron chi connectivity index (χ1n) is 7.85. The molecule has 3 nitrogen and oxygen atoms in total. The molecule has 1 aliphatic heterocycles. The SMILES string of the molecule is CN(C(=O)c1cc2c(s1)CCCC2)C1CCCNCC1.Cl. The maximum absolute atomic E-state index is 12.7. The quantitative estimate of drug-likeness (QED) is 0.903. The van der Waals surface area contributed by atoms with Gasteiger partial charge in [-0.25, -0.2) is 0 Å². The van der Waals surface area contributed by atoms with Crippen LogP contribution in [0.2, 0.25) is 0 Å². The van der Waals surface area contributed by atoms with Crippen molar-refractivity contribution in [3.63, 3.8) is 0 Å². The number of hydrogen-bond donors (Lipinski definition) is 1. The lowest BCUT2D eigenvalue weighted by atomic mass is 9.99. The molecule has 1 atom stereocenters. The topological polar surface area (TPSA) is 32.3 Å². The molecule has 1 N–H and O–H groups in total. The Labute approximate surface area is 137 Å². The van der Waals surface area contributed by atoms with Gasteiger partial charge in [-0.1, -0.05) is 0 Å². The van der Waals surface area contributed by atoms with Gasteiger partial charge in [0.25, 0.3) is 5.91 Å². The zero-order valence-electron chi connectivity index (χ0n) is 12.7. The lowest BCUT2D eigenvalue weighted by Crippen LogP contribution is -2.37. The number of hydrogen-bond acceptors (Lipinski definition) is 3. The third-order valence-corrected chi connectivity index (χ3v) is 5.85. The third-order valence-electron chi connectivity index (χ3n) is 4.62. The molecule has 3 rings (SSSR count). The van der Waals surface area contributed by atoms with Crippen LogP contribution in [-0.2, 0) is 12.8 Å². The van der Waals surface area contributed by atoms with Crippen molar-refractivity contribution in [2.75, 3.05) is 20.1 Å². The first-order chi connectivity index (χ1) is 9.75. The van der Waals surface area contributed by atoms with Crippen molar-refractivity contribution in [1.29, 1.82) is 0 Å². The minimum Gasteiger partial charge on any atom is -0.338 e. The summed E-state index contributed by atoms with van der Waals surface area (Å²) in [4.78, 5) is 17.1. The third kappa shape index (κ3) is 3.79. The summed E-state index contributed by atoms with van der Waals surface area (Å²) in [6.45, 7) is 2.12. The van der Waals surface area contributed by atoms with Gasteiger partial charge < -0.3 is 10.2 Å². The predicted molar refractivity (Wildman–Crippen MR) is 90.8 cm³/mol. The van der Waals surface area contributed by atoms with Crippen molar-refractivity contribution in [3.8, 4) is 0 Å². The summed E-state index contributed by atoms with van der Waals surface area (Å²) in [5.41, 5.74) is 1.43. The van der Waals surface area contributed by atoms with Crippen LogP contribution in [0.15, 0.2) is 6.07 Å². The van der Waals surface area contributed by atoms with Crippen LogP contribution in [0.4, 0.5) is 0 Å². The summed E-state index contributed by atoms with van der Waals surface area (Å²) in [6, 6.07) is 2.56. The minimum atomic E-state index is 0. The summed E-state index contributed by atoms with van der Waals surface area (Å²) in [7, 11) is 1.98. The van der Waals surface area contributed by atoms with E-state index >= 15 is 0 Å². The fourth-order valence-electron chi connectivity index (χ4n) is 3.32. The molecule has 1 aliphatic carbocycles. The molecule has 1 aromatic heterocycles. The minimum absolute atomic E-state index is 0. The van der Waals surface area contributed by atoms with Crippen molar-refractivity contribution in [1.82, 2.24) is 10.2 Å². The van der Waals surface area contributed by atoms with Gasteiger partial charge in [0.15, 0.2) is 0 Å². The van der Waals surface area contributed by atoms with E-state index in [1.165, 1.54) is 36.1 Å². The van der Waals surface area contributed by atoms with E-state index in [1.807, 2.05) is 11.9 Å². The van der Waals surface area contributed by atoms with Crippen LogP contribution in [0.25, 0.3) is 0 Å². The average Bonchev–Trinajstić information content (AvgIpc) is 2.72. The zero-order valence-corrected chi connectivity index (χ0v) is 14.3. The molecule has 1 amide bonds. The molecule has 1 fully saturated rings. The van der Waals surface area contributed by atoms with Crippen LogP contribution >= 0.6 is 23.7 Å². The molecule has 1 aromatic rings. The highest BCUT2D eigenvalue weighted by Gasteiger charge is 2.24. The predicted octanol–water partition coefficient (Wildman–Crippen LogP) is 3.26. The second kappa shape index (κ2) is 7.61. The number of halogens is 1. The number of nitrogens with one attached hydrogen (secondary N) is 1. The van der Waals surface area contributed by atoms with Crippen LogP contribution in [-0.4, -0.2) is 37.0 Å². The number of carbonyl (C=O) groups is 1. The second-order valence-electron chi connectivity index (χ2n) is 6.02. The van der Waals surface area contributed by atoms with Gasteiger partial charge in [-0.15, -0.1) is 23.7 Å². The maximum atomic E-state index is 12.7. The van der Waals surface area contributed by atoms with Crippen molar-refractivity contribution in [2.45, 2.75) is 51.0 Å². The summed E-state index contributed by atoms with van der Waals surface area (Å²) in [5, 5.41) is 3.42. The molecule has 2 heterocycles. The van der Waals surface area contributed by atoms with Crippen LogP contribution in [0.5, 0.6) is 0 Å². The van der Waals surface area contributed by atoms with E-state index in [1.54, 1.807) is 11.3 Å². The Bertz CT molecular complexity index is 457. The molecule has 1 saturated heterocycles. The van der Waals surface area contributed by atoms with Crippen molar-refractivity contribution in [2.24, 2.45) is 0 Å². The number of aryl methyl sites for hydroxylation is 2. The number of rotatable bonds is 2. The van der Waals surface area contributed by atoms with Crippen molar-refractivity contribution < 1.29 is 4.79 Å². The van der Waals surface area contributed by atoms with E-state index < -0.39 is 0 Å². The smallest absolute Gasteiger partial charge is 0.263 e. The fraction of sp³-hybridized carbons (Fsp3) is 0.688. The normalized spacial score (nSPS) is 21.9. The van der Waals surface area contributed by atoms with Crippen LogP contribution in [0.3, 0.4) is 0 Å². The Morgan fingerprint density at radius 1 is 1.24 bits per heavy atom. The number of thiophene rings is 1. The fourth-order valence-corrected chi connectivity index (χ4v) is 4.56. The molecule has 21 heavy (non-hydrogen) atoms. The molecule has 2 aliphatic rings. The van der Waals surface area contributed by atoms with E-state index in [2.05, 4.69) is 11.4 Å². The van der Waals surface area contributed by atoms with E-state index in [-0.39, 0.29) is 18.3 Å². The van der Waals surface area contributed by atoms with Crippen molar-refractivity contribution >= 4 is 29.7 Å². The average molecular weight is 329 g/mol. The highest BCUT2D eigenvalue weighted by Crippen LogP contribution is 2.30. The second-order valence-corrected chi connectivity index (χ2v) is 7.15. The van der Waals surface area contributed by atoms with Gasteiger partial charge in [0.2, 0.25) is 0 Å². The molecule has 1 unspecified atom stereocenters. The summed E-state index contributed by atoms with van der Waals surface area (Å²) in [6.07, 6.45) is 8.27. The number of nitrogens with zero attached hydrogens (tertiary/aromatic N) is 1. The van der Waals surface area contributed by atoms with Crippen LogP contribution in [0, 0.1) is 0 Å². The Hall–Kier alpha value is -0.580. The Kier molecular flexibility index (Phi) is 6.08. The summed E-state index contributed by atoms with van der Waals surface area (Å²) in [5.74, 6) is 0.233. The monoisotopic (exact) mass is 328 g/mol. The number of fused-ring (bicyclic) bond motifs is 1. The maximum Gasteiger partial charge on any atom is 0.263 e. The van der Waals surface area contributed by atoms with Gasteiger partial charge in [-0.05, 0) is 69.7 Å². The lowest BCUT2D eigenvalue weighted by molar-refractivity contribution is 0.0725. The summed E-state index contributed by atoms with van der Waals surface area (Å²) >= 11 is 1.73. The van der Waals surface area contributed by atoms with Gasteiger partial charge in [0, 0.05) is 18.0 Å². The Morgan fingerprint density at radius 3 is 2.86 bits per heavy atom. The molecular weight excluding hydrogens is 304 g/mol. The molecule has 5 heteroatoms. The summed E-state index contributed by atoms with van der Waals surface area (Å²) < 4.78 is 0. The van der Waals surface area contributed by atoms with E-state index in [0.29, 0.717) is 6.04 Å². The highest BCUT2D eigenvalue weighted by atomic mass is 35.5. The largest absolute Gasteiger partial charge is 0.338 e. The molecule has 0 bridgehead atoms. The van der Waals surface area contributed by atoms with Gasteiger partial charge in [0.1, 0.15) is 0 Å². The highest BCUT2D eigenvalue weighted by molar-refractivity contribution is 7.14. The molecule has 0 spiro atoms. The van der Waals surface area contributed by atoms with Gasteiger partial charge in [0.05, 0.1) is 4.88 Å². The van der Waals surface area contributed by atoms with Crippen molar-refractivity contribution in [3.05, 3.63) is 21.4 Å². The molecule has 118 valence electrons. The van der Waals surface area contributed by atoms with E-state index in [0.717, 1.165) is 37.2 Å². The lowest BCUT2D eigenvalue weighted by Gasteiger charge is -2.26. The van der Waals surface area contributed by atoms with E-state index in [4.69, 9.17) is 0 Å². The molecule has 0 radical (unpaired) electrons. The van der Waals surface area contributed by atoms with Gasteiger partial charge in [-0.2, -0.15) is 0 Å². The Morgan fingerprint density at radius 2 is 2.05 bits per heavy atom. The van der Waals surface area contributed by atoms with Crippen LogP contribution in [0.1, 0.15) is 52.2 Å².